The maximum atomic E-state index is 11.8. The summed E-state index contributed by atoms with van der Waals surface area (Å²) in [5, 5.41) is 11.8. The van der Waals surface area contributed by atoms with Crippen molar-refractivity contribution in [3.63, 3.8) is 0 Å². The quantitative estimate of drug-likeness (QED) is 0.645. The van der Waals surface area contributed by atoms with Crippen molar-refractivity contribution in [2.24, 2.45) is 0 Å². The number of phenolic OH excluding ortho intramolecular Hbond substituents is 1. The van der Waals surface area contributed by atoms with Crippen LogP contribution in [-0.4, -0.2) is 18.2 Å². The molecule has 0 fully saturated rings. The number of thioether (sulfide) groups is 1. The van der Waals surface area contributed by atoms with Crippen LogP contribution in [0.15, 0.2) is 58.8 Å². The molecule has 0 aliphatic heterocycles. The van der Waals surface area contributed by atoms with Gasteiger partial charge in [0.05, 0.1) is 12.0 Å². The number of esters is 1. The van der Waals surface area contributed by atoms with Gasteiger partial charge in [0.2, 0.25) is 0 Å². The zero-order valence-electron chi connectivity index (χ0n) is 12.3. The third-order valence-corrected chi connectivity index (χ3v) is 3.85. The molecule has 0 aliphatic carbocycles. The monoisotopic (exact) mass is 316 g/mol. The number of aromatic hydroxyl groups is 1. The lowest BCUT2D eigenvalue weighted by Gasteiger charge is -2.13. The molecule has 0 spiro atoms. The summed E-state index contributed by atoms with van der Waals surface area (Å²) in [6, 6.07) is 11.8. The Morgan fingerprint density at radius 1 is 1.14 bits per heavy atom. The molecule has 0 aromatic heterocycles. The molecule has 0 aliphatic rings. The number of para-hydroxylation sites is 1. The van der Waals surface area contributed by atoms with Gasteiger partial charge in [-0.25, -0.2) is 4.79 Å². The number of ether oxygens (including phenoxy) is 2. The summed E-state index contributed by atoms with van der Waals surface area (Å²) in [6.45, 7) is 1.89. The highest BCUT2D eigenvalue weighted by Gasteiger charge is 2.15. The normalized spacial score (nSPS) is 10.6. The van der Waals surface area contributed by atoms with Gasteiger partial charge in [0.25, 0.3) is 0 Å². The van der Waals surface area contributed by atoms with Crippen LogP contribution in [0.3, 0.4) is 0 Å². The van der Waals surface area contributed by atoms with E-state index in [0.717, 1.165) is 0 Å². The average molecular weight is 316 g/mol. The Hall–Kier alpha value is -2.40. The van der Waals surface area contributed by atoms with Crippen molar-refractivity contribution < 1.29 is 19.4 Å². The van der Waals surface area contributed by atoms with Crippen molar-refractivity contribution in [2.75, 3.05) is 7.11 Å². The molecule has 2 aromatic rings. The third kappa shape index (κ3) is 3.62. The van der Waals surface area contributed by atoms with Crippen molar-refractivity contribution in [3.05, 3.63) is 59.5 Å². The predicted molar refractivity (Wildman–Crippen MR) is 86.6 cm³/mol. The van der Waals surface area contributed by atoms with Gasteiger partial charge in [-0.05, 0) is 36.6 Å². The van der Waals surface area contributed by atoms with Crippen LogP contribution in [0.5, 0.6) is 17.2 Å². The summed E-state index contributed by atoms with van der Waals surface area (Å²) in [6.07, 6.45) is 1.86. The molecular weight excluding hydrogens is 300 g/mol. The van der Waals surface area contributed by atoms with Crippen molar-refractivity contribution in [3.8, 4) is 17.2 Å². The van der Waals surface area contributed by atoms with Crippen molar-refractivity contribution >= 4 is 17.7 Å². The van der Waals surface area contributed by atoms with Crippen LogP contribution < -0.4 is 4.74 Å². The van der Waals surface area contributed by atoms with E-state index in [9.17, 15) is 9.90 Å². The first-order valence-electron chi connectivity index (χ1n) is 6.62. The van der Waals surface area contributed by atoms with Gasteiger partial charge in [-0.2, -0.15) is 0 Å². The standard InChI is InChI=1S/C17H16O4S/c1-3-11-22-16-13(18)8-6-10-15(16)21-14-9-5-4-7-12(14)17(19)20-2/h3-11,18H,1-2H3/b11-3+. The van der Waals surface area contributed by atoms with Gasteiger partial charge in [-0.15, -0.1) is 0 Å². The molecule has 0 saturated heterocycles. The van der Waals surface area contributed by atoms with Crippen LogP contribution in [0.1, 0.15) is 17.3 Å². The van der Waals surface area contributed by atoms with Gasteiger partial charge < -0.3 is 14.6 Å². The van der Waals surface area contributed by atoms with E-state index in [1.165, 1.54) is 18.9 Å². The highest BCUT2D eigenvalue weighted by atomic mass is 32.2. The molecule has 0 amide bonds. The Balaban J connectivity index is 2.39. The minimum Gasteiger partial charge on any atom is -0.507 e. The van der Waals surface area contributed by atoms with E-state index in [0.29, 0.717) is 22.0 Å². The minimum absolute atomic E-state index is 0.121. The molecule has 5 heteroatoms. The highest BCUT2D eigenvalue weighted by molar-refractivity contribution is 8.02. The summed E-state index contributed by atoms with van der Waals surface area (Å²) in [5.41, 5.74) is 0.329. The van der Waals surface area contributed by atoms with Gasteiger partial charge in [-0.3, -0.25) is 0 Å². The van der Waals surface area contributed by atoms with Crippen LogP contribution in [0.2, 0.25) is 0 Å². The lowest BCUT2D eigenvalue weighted by molar-refractivity contribution is 0.0598. The number of carbonyl (C=O) groups is 1. The number of hydrogen-bond acceptors (Lipinski definition) is 5. The van der Waals surface area contributed by atoms with Crippen molar-refractivity contribution in [1.29, 1.82) is 0 Å². The number of methoxy groups -OCH3 is 1. The minimum atomic E-state index is -0.474. The van der Waals surface area contributed by atoms with Gasteiger partial charge >= 0.3 is 5.97 Å². The first-order valence-corrected chi connectivity index (χ1v) is 7.50. The fourth-order valence-corrected chi connectivity index (χ4v) is 2.48. The number of hydrogen-bond donors (Lipinski definition) is 1. The fourth-order valence-electron chi connectivity index (χ4n) is 1.79. The Kier molecular flexibility index (Phi) is 5.49. The first-order chi connectivity index (χ1) is 10.7. The van der Waals surface area contributed by atoms with E-state index in [-0.39, 0.29) is 5.75 Å². The van der Waals surface area contributed by atoms with E-state index < -0.39 is 5.97 Å². The smallest absolute Gasteiger partial charge is 0.341 e. The van der Waals surface area contributed by atoms with Crippen molar-refractivity contribution in [1.82, 2.24) is 0 Å². The van der Waals surface area contributed by atoms with Gasteiger partial charge in [0.15, 0.2) is 0 Å². The lowest BCUT2D eigenvalue weighted by atomic mass is 10.2. The molecule has 0 atom stereocenters. The number of benzene rings is 2. The third-order valence-electron chi connectivity index (χ3n) is 2.79. The molecule has 0 unspecified atom stereocenters. The van der Waals surface area contributed by atoms with Gasteiger partial charge in [-0.1, -0.05) is 36.0 Å². The maximum absolute atomic E-state index is 11.8. The Labute approximate surface area is 133 Å². The topological polar surface area (TPSA) is 55.8 Å². The SMILES string of the molecule is C/C=C/Sc1c(O)cccc1Oc1ccccc1C(=O)OC. The molecule has 2 aromatic carbocycles. The van der Waals surface area contributed by atoms with E-state index >= 15 is 0 Å². The molecule has 1 N–H and O–H groups in total. The Morgan fingerprint density at radius 2 is 1.86 bits per heavy atom. The lowest BCUT2D eigenvalue weighted by Crippen LogP contribution is -2.03. The van der Waals surface area contributed by atoms with E-state index in [2.05, 4.69) is 0 Å². The van der Waals surface area contributed by atoms with Crippen LogP contribution in [0, 0.1) is 0 Å². The summed E-state index contributed by atoms with van der Waals surface area (Å²) in [4.78, 5) is 12.4. The summed E-state index contributed by atoms with van der Waals surface area (Å²) < 4.78 is 10.6. The summed E-state index contributed by atoms with van der Waals surface area (Å²) >= 11 is 1.34. The van der Waals surface area contributed by atoms with E-state index in [1.807, 2.05) is 18.4 Å². The molecule has 2 rings (SSSR count). The van der Waals surface area contributed by atoms with Crippen LogP contribution in [0.4, 0.5) is 0 Å². The summed E-state index contributed by atoms with van der Waals surface area (Å²) in [5.74, 6) is 0.497. The zero-order valence-corrected chi connectivity index (χ0v) is 13.1. The highest BCUT2D eigenvalue weighted by Crippen LogP contribution is 2.40. The molecule has 4 nitrogen and oxygen atoms in total. The fraction of sp³-hybridized carbons (Fsp3) is 0.118. The maximum Gasteiger partial charge on any atom is 0.341 e. The number of carbonyl (C=O) groups excluding carboxylic acids is 1. The second kappa shape index (κ2) is 7.56. The molecule has 0 bridgehead atoms. The van der Waals surface area contributed by atoms with Gasteiger partial charge in [0.1, 0.15) is 22.8 Å². The zero-order chi connectivity index (χ0) is 15.9. The second-order valence-corrected chi connectivity index (χ2v) is 5.20. The largest absolute Gasteiger partial charge is 0.507 e. The predicted octanol–water partition coefficient (Wildman–Crippen LogP) is 4.60. The molecule has 114 valence electrons. The van der Waals surface area contributed by atoms with Crippen LogP contribution in [0.25, 0.3) is 0 Å². The van der Waals surface area contributed by atoms with Gasteiger partial charge in [0, 0.05) is 0 Å². The van der Waals surface area contributed by atoms with E-state index in [1.54, 1.807) is 42.5 Å². The molecule has 22 heavy (non-hydrogen) atoms. The molecule has 0 saturated carbocycles. The Morgan fingerprint density at radius 3 is 2.59 bits per heavy atom. The second-order valence-electron chi connectivity index (χ2n) is 4.28. The number of allylic oxidation sites excluding steroid dienone is 1. The molecule has 0 radical (unpaired) electrons. The summed E-state index contributed by atoms with van der Waals surface area (Å²) in [7, 11) is 1.32. The van der Waals surface area contributed by atoms with E-state index in [4.69, 9.17) is 9.47 Å². The molecule has 0 heterocycles. The first kappa shape index (κ1) is 16.0. The van der Waals surface area contributed by atoms with Crippen LogP contribution >= 0.6 is 11.8 Å². The molecular formula is C17H16O4S. The average Bonchev–Trinajstić information content (AvgIpc) is 2.54. The number of rotatable bonds is 5. The number of phenols is 1. The Bertz CT molecular complexity index is 695. The van der Waals surface area contributed by atoms with Crippen LogP contribution in [-0.2, 0) is 4.74 Å². The van der Waals surface area contributed by atoms with Crippen molar-refractivity contribution in [2.45, 2.75) is 11.8 Å².